The molecule has 3 N–H and O–H groups in total. The minimum Gasteiger partial charge on any atom is -0.481 e. The highest BCUT2D eigenvalue weighted by Gasteiger charge is 2.18. The van der Waals surface area contributed by atoms with Crippen LogP contribution in [0, 0.1) is 9.52 Å². The van der Waals surface area contributed by atoms with Crippen LogP contribution in [0.4, 0.5) is 4.39 Å². The summed E-state index contributed by atoms with van der Waals surface area (Å²) < 4.78 is 13.7. The van der Waals surface area contributed by atoms with Gasteiger partial charge in [-0.25, -0.2) is 4.98 Å². The molecular weight excluding hydrogens is 302 g/mol. The molecule has 0 unspecified atom stereocenters. The molecule has 1 aromatic heterocycles. The summed E-state index contributed by atoms with van der Waals surface area (Å²) in [6.45, 7) is 0. The Labute approximate surface area is 93.5 Å². The molecule has 0 fully saturated rings. The number of carboxylic acids is 1. The molecule has 76 valence electrons. The van der Waals surface area contributed by atoms with Crippen LogP contribution in [0.1, 0.15) is 18.0 Å². The average Bonchev–Trinajstić information content (AvgIpc) is 2.01. The van der Waals surface area contributed by atoms with Gasteiger partial charge >= 0.3 is 5.97 Å². The van der Waals surface area contributed by atoms with Gasteiger partial charge in [0.2, 0.25) is 5.95 Å². The minimum absolute atomic E-state index is 0.163. The summed E-state index contributed by atoms with van der Waals surface area (Å²) in [6, 6.07) is 0.730. The van der Waals surface area contributed by atoms with Crippen LogP contribution in [0.5, 0.6) is 0 Å². The quantitative estimate of drug-likeness (QED) is 0.652. The molecule has 1 aromatic rings. The zero-order valence-electron chi connectivity index (χ0n) is 7.08. The van der Waals surface area contributed by atoms with E-state index < -0.39 is 18.0 Å². The van der Waals surface area contributed by atoms with Crippen molar-refractivity contribution in [2.24, 2.45) is 5.73 Å². The van der Waals surface area contributed by atoms with E-state index >= 15 is 0 Å². The van der Waals surface area contributed by atoms with E-state index in [1.54, 1.807) is 6.07 Å². The number of rotatable bonds is 3. The number of pyridine rings is 1. The molecule has 14 heavy (non-hydrogen) atoms. The fourth-order valence-electron chi connectivity index (χ4n) is 1.05. The average molecular weight is 310 g/mol. The van der Waals surface area contributed by atoms with Gasteiger partial charge in [0, 0.05) is 21.4 Å². The van der Waals surface area contributed by atoms with Crippen molar-refractivity contribution in [1.29, 1.82) is 0 Å². The number of carboxylic acid groups (broad SMARTS) is 1. The predicted molar refractivity (Wildman–Crippen MR) is 56.1 cm³/mol. The minimum atomic E-state index is -1.06. The van der Waals surface area contributed by atoms with E-state index in [1.807, 2.05) is 22.6 Å². The first kappa shape index (κ1) is 11.3. The SMILES string of the molecule is N[C@H](CC(=O)O)c1c(I)ccnc1F. The largest absolute Gasteiger partial charge is 0.481 e. The Balaban J connectivity index is 2.99. The van der Waals surface area contributed by atoms with Crippen molar-refractivity contribution < 1.29 is 14.3 Å². The van der Waals surface area contributed by atoms with Crippen LogP contribution in [-0.2, 0) is 4.79 Å². The Kier molecular flexibility index (Phi) is 3.76. The van der Waals surface area contributed by atoms with Crippen LogP contribution in [0.15, 0.2) is 12.3 Å². The normalized spacial score (nSPS) is 12.5. The second-order valence-electron chi connectivity index (χ2n) is 2.70. The van der Waals surface area contributed by atoms with Crippen molar-refractivity contribution in [1.82, 2.24) is 4.98 Å². The lowest BCUT2D eigenvalue weighted by molar-refractivity contribution is -0.137. The van der Waals surface area contributed by atoms with Gasteiger partial charge in [0.25, 0.3) is 0 Å². The van der Waals surface area contributed by atoms with Gasteiger partial charge in [-0.15, -0.1) is 0 Å². The Morgan fingerprint density at radius 1 is 1.79 bits per heavy atom. The van der Waals surface area contributed by atoms with E-state index in [0.29, 0.717) is 3.57 Å². The first-order valence-electron chi connectivity index (χ1n) is 3.79. The number of aromatic nitrogens is 1. The molecule has 0 saturated heterocycles. The van der Waals surface area contributed by atoms with Gasteiger partial charge < -0.3 is 10.8 Å². The number of aliphatic carboxylic acids is 1. The highest BCUT2D eigenvalue weighted by atomic mass is 127. The monoisotopic (exact) mass is 310 g/mol. The van der Waals surface area contributed by atoms with Crippen molar-refractivity contribution in [2.45, 2.75) is 12.5 Å². The van der Waals surface area contributed by atoms with E-state index in [2.05, 4.69) is 4.98 Å². The first-order valence-corrected chi connectivity index (χ1v) is 4.87. The highest BCUT2D eigenvalue weighted by molar-refractivity contribution is 14.1. The summed E-state index contributed by atoms with van der Waals surface area (Å²) >= 11 is 1.90. The van der Waals surface area contributed by atoms with E-state index in [4.69, 9.17) is 10.8 Å². The third-order valence-corrected chi connectivity index (χ3v) is 2.59. The molecule has 0 bridgehead atoms. The molecule has 0 aliphatic carbocycles. The van der Waals surface area contributed by atoms with E-state index in [9.17, 15) is 9.18 Å². The summed E-state index contributed by atoms with van der Waals surface area (Å²) in [5.74, 6) is -1.76. The maximum atomic E-state index is 13.2. The smallest absolute Gasteiger partial charge is 0.305 e. The van der Waals surface area contributed by atoms with Gasteiger partial charge in [0.15, 0.2) is 0 Å². The lowest BCUT2D eigenvalue weighted by Crippen LogP contribution is -2.18. The van der Waals surface area contributed by atoms with Gasteiger partial charge in [-0.2, -0.15) is 4.39 Å². The van der Waals surface area contributed by atoms with E-state index in [0.717, 1.165) is 0 Å². The maximum absolute atomic E-state index is 13.2. The standard InChI is InChI=1S/C8H8FIN2O2/c9-8-7(4(10)1-2-12-8)5(11)3-6(13)14/h1-2,5H,3,11H2,(H,13,14)/t5-/m1/s1. The molecule has 0 radical (unpaired) electrons. The molecule has 0 aromatic carbocycles. The zero-order chi connectivity index (χ0) is 10.7. The van der Waals surface area contributed by atoms with Crippen LogP contribution in [0.25, 0.3) is 0 Å². The van der Waals surface area contributed by atoms with Crippen LogP contribution in [0.2, 0.25) is 0 Å². The summed E-state index contributed by atoms with van der Waals surface area (Å²) in [5, 5.41) is 8.50. The van der Waals surface area contributed by atoms with Crippen molar-refractivity contribution in [2.75, 3.05) is 0 Å². The second kappa shape index (κ2) is 4.65. The van der Waals surface area contributed by atoms with Crippen LogP contribution >= 0.6 is 22.6 Å². The molecule has 6 heteroatoms. The van der Waals surface area contributed by atoms with Crippen LogP contribution < -0.4 is 5.73 Å². The number of hydrogen-bond acceptors (Lipinski definition) is 3. The first-order chi connectivity index (χ1) is 6.52. The van der Waals surface area contributed by atoms with E-state index in [-0.39, 0.29) is 12.0 Å². The Morgan fingerprint density at radius 2 is 2.43 bits per heavy atom. The summed E-state index contributed by atoms with van der Waals surface area (Å²) in [4.78, 5) is 13.8. The van der Waals surface area contributed by atoms with Crippen molar-refractivity contribution in [3.05, 3.63) is 27.3 Å². The summed E-state index contributed by atoms with van der Waals surface area (Å²) in [6.07, 6.45) is 1.01. The lowest BCUT2D eigenvalue weighted by Gasteiger charge is -2.11. The third kappa shape index (κ3) is 2.61. The highest BCUT2D eigenvalue weighted by Crippen LogP contribution is 2.22. The van der Waals surface area contributed by atoms with Gasteiger partial charge in [0.1, 0.15) is 0 Å². The van der Waals surface area contributed by atoms with Gasteiger partial charge in [-0.05, 0) is 28.7 Å². The molecule has 1 atom stereocenters. The number of halogens is 2. The molecular formula is C8H8FIN2O2. The number of hydrogen-bond donors (Lipinski definition) is 2. The Bertz CT molecular complexity index is 339. The van der Waals surface area contributed by atoms with E-state index in [1.165, 1.54) is 6.20 Å². The van der Waals surface area contributed by atoms with Crippen LogP contribution in [-0.4, -0.2) is 16.1 Å². The van der Waals surface area contributed by atoms with Gasteiger partial charge in [0.05, 0.1) is 6.42 Å². The number of nitrogens with zero attached hydrogens (tertiary/aromatic N) is 1. The van der Waals surface area contributed by atoms with Crippen molar-refractivity contribution in [3.8, 4) is 0 Å². The summed E-state index contributed by atoms with van der Waals surface area (Å²) in [7, 11) is 0. The fraction of sp³-hybridized carbons (Fsp3) is 0.250. The third-order valence-electron chi connectivity index (χ3n) is 1.65. The molecule has 1 rings (SSSR count). The molecule has 0 spiro atoms. The number of nitrogens with two attached hydrogens (primary N) is 1. The topological polar surface area (TPSA) is 76.2 Å². The Morgan fingerprint density at radius 3 is 2.93 bits per heavy atom. The molecule has 0 aliphatic heterocycles. The van der Waals surface area contributed by atoms with Crippen LogP contribution in [0.3, 0.4) is 0 Å². The molecule has 1 heterocycles. The predicted octanol–water partition coefficient (Wildman–Crippen LogP) is 1.30. The fourth-order valence-corrected chi connectivity index (χ4v) is 1.83. The lowest BCUT2D eigenvalue weighted by atomic mass is 10.1. The summed E-state index contributed by atoms with van der Waals surface area (Å²) in [5.41, 5.74) is 5.69. The molecule has 0 saturated carbocycles. The number of carbonyl (C=O) groups is 1. The van der Waals surface area contributed by atoms with Crippen molar-refractivity contribution in [3.63, 3.8) is 0 Å². The zero-order valence-corrected chi connectivity index (χ0v) is 9.23. The second-order valence-corrected chi connectivity index (χ2v) is 3.86. The van der Waals surface area contributed by atoms with Gasteiger partial charge in [-0.1, -0.05) is 0 Å². The molecule has 0 aliphatic rings. The van der Waals surface area contributed by atoms with Gasteiger partial charge in [-0.3, -0.25) is 4.79 Å². The Hall–Kier alpha value is -0.760. The van der Waals surface area contributed by atoms with Crippen molar-refractivity contribution >= 4 is 28.6 Å². The maximum Gasteiger partial charge on any atom is 0.305 e. The molecule has 0 amide bonds. The molecule has 4 nitrogen and oxygen atoms in total.